The van der Waals surface area contributed by atoms with Gasteiger partial charge in [-0.15, -0.1) is 0 Å². The molecule has 1 fully saturated rings. The average molecular weight is 231 g/mol. The number of nitrogens with zero attached hydrogens (tertiary/aromatic N) is 2. The SMILES string of the molecule is CCOC(=O)N1CCN(C(=N)SC)CC1. The van der Waals surface area contributed by atoms with Crippen molar-refractivity contribution in [1.29, 1.82) is 5.41 Å². The Morgan fingerprint density at radius 3 is 2.33 bits per heavy atom. The minimum atomic E-state index is -0.243. The number of carbonyl (C=O) groups is 1. The monoisotopic (exact) mass is 231 g/mol. The lowest BCUT2D eigenvalue weighted by Gasteiger charge is -2.34. The number of ether oxygens (including phenoxy) is 1. The molecule has 0 radical (unpaired) electrons. The molecule has 15 heavy (non-hydrogen) atoms. The summed E-state index contributed by atoms with van der Waals surface area (Å²) in [7, 11) is 0. The van der Waals surface area contributed by atoms with Crippen LogP contribution in [-0.4, -0.2) is 60.1 Å². The maximum absolute atomic E-state index is 11.4. The minimum Gasteiger partial charge on any atom is -0.450 e. The van der Waals surface area contributed by atoms with E-state index in [9.17, 15) is 4.79 Å². The van der Waals surface area contributed by atoms with Gasteiger partial charge in [-0.3, -0.25) is 5.41 Å². The van der Waals surface area contributed by atoms with Crippen LogP contribution < -0.4 is 0 Å². The summed E-state index contributed by atoms with van der Waals surface area (Å²) in [6.07, 6.45) is 1.65. The van der Waals surface area contributed by atoms with Gasteiger partial charge < -0.3 is 14.5 Å². The van der Waals surface area contributed by atoms with E-state index in [0.29, 0.717) is 24.9 Å². The van der Waals surface area contributed by atoms with E-state index in [0.717, 1.165) is 13.1 Å². The van der Waals surface area contributed by atoms with Crippen LogP contribution in [0, 0.1) is 5.41 Å². The van der Waals surface area contributed by atoms with Crippen LogP contribution in [0.1, 0.15) is 6.92 Å². The van der Waals surface area contributed by atoms with Crippen molar-refractivity contribution in [3.05, 3.63) is 0 Å². The molecule has 0 aromatic heterocycles. The fraction of sp³-hybridized carbons (Fsp3) is 0.778. The molecule has 0 aromatic rings. The highest BCUT2D eigenvalue weighted by Gasteiger charge is 2.22. The van der Waals surface area contributed by atoms with Crippen LogP contribution in [-0.2, 0) is 4.74 Å². The predicted molar refractivity (Wildman–Crippen MR) is 61.4 cm³/mol. The van der Waals surface area contributed by atoms with Gasteiger partial charge >= 0.3 is 6.09 Å². The number of amidine groups is 1. The van der Waals surface area contributed by atoms with Crippen molar-refractivity contribution in [1.82, 2.24) is 9.80 Å². The van der Waals surface area contributed by atoms with E-state index in [2.05, 4.69) is 0 Å². The van der Waals surface area contributed by atoms with Gasteiger partial charge in [0.2, 0.25) is 0 Å². The number of hydrogen-bond acceptors (Lipinski definition) is 4. The Kier molecular flexibility index (Phi) is 4.74. The molecular weight excluding hydrogens is 214 g/mol. The number of rotatable bonds is 1. The molecule has 0 atom stereocenters. The van der Waals surface area contributed by atoms with Crippen molar-refractivity contribution in [3.63, 3.8) is 0 Å². The molecule has 1 aliphatic heterocycles. The third-order valence-corrected chi connectivity index (χ3v) is 2.93. The molecule has 0 aromatic carbocycles. The van der Waals surface area contributed by atoms with Gasteiger partial charge in [0.1, 0.15) is 0 Å². The third-order valence-electron chi connectivity index (χ3n) is 2.29. The predicted octanol–water partition coefficient (Wildman–Crippen LogP) is 1.06. The minimum absolute atomic E-state index is 0.243. The molecule has 1 heterocycles. The van der Waals surface area contributed by atoms with Gasteiger partial charge in [0.15, 0.2) is 5.17 Å². The fourth-order valence-corrected chi connectivity index (χ4v) is 1.88. The molecule has 1 rings (SSSR count). The first-order valence-electron chi connectivity index (χ1n) is 4.98. The summed E-state index contributed by atoms with van der Waals surface area (Å²) in [4.78, 5) is 15.0. The van der Waals surface area contributed by atoms with Crippen LogP contribution >= 0.6 is 11.8 Å². The summed E-state index contributed by atoms with van der Waals surface area (Å²) >= 11 is 1.43. The molecule has 0 saturated carbocycles. The van der Waals surface area contributed by atoms with Crippen molar-refractivity contribution in [2.45, 2.75) is 6.92 Å². The molecule has 1 N–H and O–H groups in total. The molecule has 5 nitrogen and oxygen atoms in total. The van der Waals surface area contributed by atoms with Gasteiger partial charge in [-0.1, -0.05) is 11.8 Å². The highest BCUT2D eigenvalue weighted by molar-refractivity contribution is 8.13. The Labute approximate surface area is 94.3 Å². The van der Waals surface area contributed by atoms with Crippen molar-refractivity contribution in [3.8, 4) is 0 Å². The van der Waals surface area contributed by atoms with E-state index in [1.54, 1.807) is 11.8 Å². The van der Waals surface area contributed by atoms with E-state index in [-0.39, 0.29) is 6.09 Å². The topological polar surface area (TPSA) is 56.6 Å². The number of thioether (sulfide) groups is 1. The van der Waals surface area contributed by atoms with Crippen LogP contribution in [0.2, 0.25) is 0 Å². The van der Waals surface area contributed by atoms with Gasteiger partial charge in [0, 0.05) is 26.2 Å². The van der Waals surface area contributed by atoms with Crippen molar-refractivity contribution >= 4 is 23.0 Å². The standard InChI is InChI=1S/C9H17N3O2S/c1-3-14-9(13)12-6-4-11(5-7-12)8(10)15-2/h10H,3-7H2,1-2H3. The maximum atomic E-state index is 11.4. The normalized spacial score (nSPS) is 16.4. The first-order valence-corrected chi connectivity index (χ1v) is 6.20. The zero-order valence-electron chi connectivity index (χ0n) is 9.15. The Hall–Kier alpha value is -0.910. The first-order chi connectivity index (χ1) is 7.19. The summed E-state index contributed by atoms with van der Waals surface area (Å²) in [5.41, 5.74) is 0. The second-order valence-electron chi connectivity index (χ2n) is 3.18. The van der Waals surface area contributed by atoms with E-state index < -0.39 is 0 Å². The Bertz CT molecular complexity index is 240. The third kappa shape index (κ3) is 3.30. The van der Waals surface area contributed by atoms with Crippen molar-refractivity contribution in [2.75, 3.05) is 39.0 Å². The van der Waals surface area contributed by atoms with Gasteiger partial charge in [-0.2, -0.15) is 0 Å². The second-order valence-corrected chi connectivity index (χ2v) is 3.98. The average Bonchev–Trinajstić information content (AvgIpc) is 2.28. The van der Waals surface area contributed by atoms with E-state index in [1.165, 1.54) is 11.8 Å². The lowest BCUT2D eigenvalue weighted by molar-refractivity contribution is 0.0923. The number of nitrogens with one attached hydrogen (secondary N) is 1. The molecule has 6 heteroatoms. The summed E-state index contributed by atoms with van der Waals surface area (Å²) in [6.45, 7) is 4.94. The molecule has 1 aliphatic rings. The largest absolute Gasteiger partial charge is 0.450 e. The summed E-state index contributed by atoms with van der Waals surface area (Å²) in [5, 5.41) is 8.21. The van der Waals surface area contributed by atoms with Crippen LogP contribution in [0.15, 0.2) is 0 Å². The maximum Gasteiger partial charge on any atom is 0.409 e. The smallest absolute Gasteiger partial charge is 0.409 e. The zero-order valence-corrected chi connectivity index (χ0v) is 9.97. The molecule has 0 bridgehead atoms. The number of amides is 1. The van der Waals surface area contributed by atoms with Crippen LogP contribution in [0.4, 0.5) is 4.79 Å². The molecule has 0 spiro atoms. The van der Waals surface area contributed by atoms with E-state index >= 15 is 0 Å². The Morgan fingerprint density at radius 2 is 1.87 bits per heavy atom. The molecule has 1 saturated heterocycles. The number of hydrogen-bond donors (Lipinski definition) is 1. The molecular formula is C9H17N3O2S. The van der Waals surface area contributed by atoms with E-state index in [1.807, 2.05) is 11.2 Å². The summed E-state index contributed by atoms with van der Waals surface area (Å²) in [5.74, 6) is 0. The molecule has 0 unspecified atom stereocenters. The summed E-state index contributed by atoms with van der Waals surface area (Å²) in [6, 6.07) is 0. The highest BCUT2D eigenvalue weighted by atomic mass is 32.2. The first kappa shape index (κ1) is 12.2. The van der Waals surface area contributed by atoms with Crippen molar-refractivity contribution in [2.24, 2.45) is 0 Å². The van der Waals surface area contributed by atoms with E-state index in [4.69, 9.17) is 10.1 Å². The van der Waals surface area contributed by atoms with Crippen LogP contribution in [0.3, 0.4) is 0 Å². The Morgan fingerprint density at radius 1 is 1.33 bits per heavy atom. The molecule has 1 amide bonds. The number of carbonyl (C=O) groups excluding carboxylic acids is 1. The second kappa shape index (κ2) is 5.85. The lowest BCUT2D eigenvalue weighted by Crippen LogP contribution is -2.50. The van der Waals surface area contributed by atoms with Crippen molar-refractivity contribution < 1.29 is 9.53 Å². The quantitative estimate of drug-likeness (QED) is 0.541. The lowest BCUT2D eigenvalue weighted by atomic mass is 10.3. The van der Waals surface area contributed by atoms with Crippen LogP contribution in [0.25, 0.3) is 0 Å². The summed E-state index contributed by atoms with van der Waals surface area (Å²) < 4.78 is 4.91. The zero-order chi connectivity index (χ0) is 11.3. The van der Waals surface area contributed by atoms with Crippen LogP contribution in [0.5, 0.6) is 0 Å². The number of piperazine rings is 1. The van der Waals surface area contributed by atoms with Gasteiger partial charge in [0.25, 0.3) is 0 Å². The Balaban J connectivity index is 2.35. The van der Waals surface area contributed by atoms with Gasteiger partial charge in [-0.05, 0) is 13.2 Å². The van der Waals surface area contributed by atoms with Gasteiger partial charge in [0.05, 0.1) is 6.61 Å². The van der Waals surface area contributed by atoms with Gasteiger partial charge in [-0.25, -0.2) is 4.79 Å². The molecule has 0 aliphatic carbocycles. The molecule has 86 valence electrons. The fourth-order valence-electron chi connectivity index (χ4n) is 1.44. The highest BCUT2D eigenvalue weighted by Crippen LogP contribution is 2.08.